The lowest BCUT2D eigenvalue weighted by atomic mass is 10.2. The van der Waals surface area contributed by atoms with E-state index in [0.717, 1.165) is 5.69 Å². The molecule has 1 heterocycles. The highest BCUT2D eigenvalue weighted by atomic mass is 32.2. The van der Waals surface area contributed by atoms with Gasteiger partial charge in [0, 0.05) is 11.1 Å². The van der Waals surface area contributed by atoms with E-state index < -0.39 is 16.1 Å². The molecule has 1 unspecified atom stereocenters. The molecule has 3 N–H and O–H groups in total. The zero-order chi connectivity index (χ0) is 15.6. The third-order valence-corrected chi connectivity index (χ3v) is 5.53. The Bertz CT molecular complexity index is 806. The molecule has 0 saturated heterocycles. The monoisotopic (exact) mass is 322 g/mol. The molecule has 0 aliphatic rings. The Morgan fingerprint density at radius 1 is 1.48 bits per heavy atom. The SMILES string of the molecule is Cc1csc(C(C)NS(=O)(=O)c2ccc(C#N)cc2N)n1. The molecule has 110 valence electrons. The number of sulfonamides is 1. The van der Waals surface area contributed by atoms with Crippen LogP contribution in [0.5, 0.6) is 0 Å². The number of benzene rings is 1. The smallest absolute Gasteiger partial charge is 0.243 e. The van der Waals surface area contributed by atoms with Crippen LogP contribution >= 0.6 is 11.3 Å². The molecule has 0 saturated carbocycles. The van der Waals surface area contributed by atoms with E-state index in [0.29, 0.717) is 10.6 Å². The van der Waals surface area contributed by atoms with Gasteiger partial charge >= 0.3 is 0 Å². The first-order valence-corrected chi connectivity index (χ1v) is 8.44. The van der Waals surface area contributed by atoms with Crippen LogP contribution < -0.4 is 10.5 Å². The largest absolute Gasteiger partial charge is 0.398 e. The number of hydrogen-bond acceptors (Lipinski definition) is 6. The van der Waals surface area contributed by atoms with Crippen LogP contribution in [0.2, 0.25) is 0 Å². The van der Waals surface area contributed by atoms with Crippen molar-refractivity contribution in [2.75, 3.05) is 5.73 Å². The molecule has 0 bridgehead atoms. The van der Waals surface area contributed by atoms with Gasteiger partial charge in [0.05, 0.1) is 23.4 Å². The van der Waals surface area contributed by atoms with E-state index in [9.17, 15) is 8.42 Å². The van der Waals surface area contributed by atoms with Gasteiger partial charge in [0.2, 0.25) is 10.0 Å². The fourth-order valence-corrected chi connectivity index (χ4v) is 3.98. The van der Waals surface area contributed by atoms with Gasteiger partial charge in [0.25, 0.3) is 0 Å². The van der Waals surface area contributed by atoms with Gasteiger partial charge in [-0.1, -0.05) is 0 Å². The summed E-state index contributed by atoms with van der Waals surface area (Å²) < 4.78 is 27.2. The molecule has 0 fully saturated rings. The summed E-state index contributed by atoms with van der Waals surface area (Å²) in [5.74, 6) is 0. The molecule has 8 heteroatoms. The molecule has 6 nitrogen and oxygen atoms in total. The molecule has 0 aliphatic heterocycles. The second-order valence-corrected chi connectivity index (χ2v) is 7.11. The fraction of sp³-hybridized carbons (Fsp3) is 0.231. The van der Waals surface area contributed by atoms with Crippen LogP contribution in [0.4, 0.5) is 5.69 Å². The van der Waals surface area contributed by atoms with Crippen LogP contribution in [0.15, 0.2) is 28.5 Å². The van der Waals surface area contributed by atoms with Crippen molar-refractivity contribution in [3.63, 3.8) is 0 Å². The number of nitrogen functional groups attached to an aromatic ring is 1. The molecule has 1 atom stereocenters. The molecular weight excluding hydrogens is 308 g/mol. The number of nitrogens with zero attached hydrogens (tertiary/aromatic N) is 2. The highest BCUT2D eigenvalue weighted by Crippen LogP contribution is 2.23. The van der Waals surface area contributed by atoms with Crippen LogP contribution in [0, 0.1) is 18.3 Å². The summed E-state index contributed by atoms with van der Waals surface area (Å²) in [4.78, 5) is 4.22. The maximum atomic E-state index is 12.3. The Kier molecular flexibility index (Phi) is 4.27. The Morgan fingerprint density at radius 2 is 2.19 bits per heavy atom. The lowest BCUT2D eigenvalue weighted by molar-refractivity contribution is 0.566. The van der Waals surface area contributed by atoms with Crippen LogP contribution in [0.25, 0.3) is 0 Å². The normalized spacial score (nSPS) is 12.8. The molecule has 1 aromatic carbocycles. The van der Waals surface area contributed by atoms with Gasteiger partial charge in [-0.25, -0.2) is 18.1 Å². The molecule has 2 aromatic rings. The molecule has 1 aromatic heterocycles. The van der Waals surface area contributed by atoms with E-state index in [4.69, 9.17) is 11.0 Å². The van der Waals surface area contributed by atoms with Crippen molar-refractivity contribution in [3.05, 3.63) is 39.8 Å². The van der Waals surface area contributed by atoms with Gasteiger partial charge in [0.15, 0.2) is 0 Å². The van der Waals surface area contributed by atoms with Crippen molar-refractivity contribution in [1.82, 2.24) is 9.71 Å². The highest BCUT2D eigenvalue weighted by Gasteiger charge is 2.22. The van der Waals surface area contributed by atoms with Crippen molar-refractivity contribution in [1.29, 1.82) is 5.26 Å². The molecule has 0 radical (unpaired) electrons. The van der Waals surface area contributed by atoms with Crippen molar-refractivity contribution < 1.29 is 8.42 Å². The summed E-state index contributed by atoms with van der Waals surface area (Å²) in [6, 6.07) is 5.55. The van der Waals surface area contributed by atoms with Gasteiger partial charge in [-0.05, 0) is 32.0 Å². The Hall–Kier alpha value is -1.95. The van der Waals surface area contributed by atoms with Crippen molar-refractivity contribution in [2.45, 2.75) is 24.8 Å². The van der Waals surface area contributed by atoms with Gasteiger partial charge in [0.1, 0.15) is 9.90 Å². The van der Waals surface area contributed by atoms with Crippen LogP contribution in [0.1, 0.15) is 29.2 Å². The van der Waals surface area contributed by atoms with Gasteiger partial charge < -0.3 is 5.73 Å². The number of aryl methyl sites for hydroxylation is 1. The van der Waals surface area contributed by atoms with Gasteiger partial charge in [-0.15, -0.1) is 11.3 Å². The first-order valence-electron chi connectivity index (χ1n) is 6.07. The number of anilines is 1. The second kappa shape index (κ2) is 5.81. The number of thiazole rings is 1. The topological polar surface area (TPSA) is 109 Å². The van der Waals surface area contributed by atoms with Crippen LogP contribution in [-0.2, 0) is 10.0 Å². The predicted octanol–water partition coefficient (Wildman–Crippen LogP) is 1.94. The molecule has 0 amide bonds. The fourth-order valence-electron chi connectivity index (χ4n) is 1.78. The zero-order valence-electron chi connectivity index (χ0n) is 11.5. The summed E-state index contributed by atoms with van der Waals surface area (Å²) in [6.07, 6.45) is 0. The summed E-state index contributed by atoms with van der Waals surface area (Å²) in [5, 5.41) is 11.3. The number of aromatic nitrogens is 1. The molecule has 21 heavy (non-hydrogen) atoms. The molecule has 2 rings (SSSR count). The average molecular weight is 322 g/mol. The third kappa shape index (κ3) is 3.39. The standard InChI is InChI=1S/C13H14N4O2S2/c1-8-7-20-13(16-8)9(2)17-21(18,19)12-4-3-10(6-14)5-11(12)15/h3-5,7,9,17H,15H2,1-2H3. The summed E-state index contributed by atoms with van der Waals surface area (Å²) in [6.45, 7) is 3.56. The summed E-state index contributed by atoms with van der Waals surface area (Å²) >= 11 is 1.39. The number of nitrogens with two attached hydrogens (primary N) is 1. The number of hydrogen-bond donors (Lipinski definition) is 2. The quantitative estimate of drug-likeness (QED) is 0.836. The lowest BCUT2D eigenvalue weighted by Gasteiger charge is -2.13. The van der Waals surface area contributed by atoms with E-state index in [-0.39, 0.29) is 10.6 Å². The first kappa shape index (κ1) is 15.4. The third-order valence-electron chi connectivity index (χ3n) is 2.77. The van der Waals surface area contributed by atoms with Crippen molar-refractivity contribution in [3.8, 4) is 6.07 Å². The van der Waals surface area contributed by atoms with E-state index in [1.165, 1.54) is 29.5 Å². The molecule has 0 aliphatic carbocycles. The maximum Gasteiger partial charge on any atom is 0.243 e. The Labute approximate surface area is 127 Å². The van der Waals surface area contributed by atoms with E-state index in [1.807, 2.05) is 18.4 Å². The van der Waals surface area contributed by atoms with E-state index in [2.05, 4.69) is 9.71 Å². The van der Waals surface area contributed by atoms with E-state index >= 15 is 0 Å². The minimum absolute atomic E-state index is 0.0402. The van der Waals surface area contributed by atoms with Gasteiger partial charge in [-0.3, -0.25) is 0 Å². The maximum absolute atomic E-state index is 12.3. The molecule has 0 spiro atoms. The predicted molar refractivity (Wildman–Crippen MR) is 81.2 cm³/mol. The van der Waals surface area contributed by atoms with Crippen LogP contribution in [-0.4, -0.2) is 13.4 Å². The summed E-state index contributed by atoms with van der Waals surface area (Å²) in [5.41, 5.74) is 6.92. The Morgan fingerprint density at radius 3 is 2.71 bits per heavy atom. The minimum Gasteiger partial charge on any atom is -0.398 e. The molecular formula is C13H14N4O2S2. The van der Waals surface area contributed by atoms with Crippen LogP contribution in [0.3, 0.4) is 0 Å². The average Bonchev–Trinajstić information content (AvgIpc) is 2.84. The number of rotatable bonds is 4. The van der Waals surface area contributed by atoms with Crippen molar-refractivity contribution in [2.24, 2.45) is 0 Å². The zero-order valence-corrected chi connectivity index (χ0v) is 13.1. The second-order valence-electron chi connectivity index (χ2n) is 4.53. The van der Waals surface area contributed by atoms with E-state index in [1.54, 1.807) is 6.92 Å². The Balaban J connectivity index is 2.28. The minimum atomic E-state index is -3.77. The van der Waals surface area contributed by atoms with Crippen molar-refractivity contribution >= 4 is 27.0 Å². The number of nitrogens with one attached hydrogen (secondary N) is 1. The lowest BCUT2D eigenvalue weighted by Crippen LogP contribution is -2.27. The first-order chi connectivity index (χ1) is 9.83. The van der Waals surface area contributed by atoms with Gasteiger partial charge in [-0.2, -0.15) is 5.26 Å². The highest BCUT2D eigenvalue weighted by molar-refractivity contribution is 7.89. The summed E-state index contributed by atoms with van der Waals surface area (Å²) in [7, 11) is -3.77. The number of nitriles is 1.